The van der Waals surface area contributed by atoms with Gasteiger partial charge in [0.15, 0.2) is 0 Å². The molecule has 1 saturated heterocycles. The van der Waals surface area contributed by atoms with E-state index in [2.05, 4.69) is 0 Å². The topological polar surface area (TPSA) is 12.5 Å². The largest absolute Gasteiger partial charge is 0.367 e. The Hall–Kier alpha value is -0.860. The molecule has 2 nitrogen and oxygen atoms in total. The summed E-state index contributed by atoms with van der Waals surface area (Å²) in [5.41, 5.74) is -2.84. The molecule has 1 atom stereocenters. The molecule has 1 heterocycles. The Kier molecular flexibility index (Phi) is 2.27. The fraction of sp³-hybridized carbons (Fsp3) is 0.700. The van der Waals surface area contributed by atoms with Crippen molar-refractivity contribution in [1.29, 1.82) is 0 Å². The maximum atomic E-state index is 8.88. The normalized spacial score (nSPS) is 38.0. The lowest BCUT2D eigenvalue weighted by Gasteiger charge is -2.47. The summed E-state index contributed by atoms with van der Waals surface area (Å²) in [6, 6.07) is 4.82. The van der Waals surface area contributed by atoms with E-state index in [0.29, 0.717) is 4.90 Å². The van der Waals surface area contributed by atoms with Crippen molar-refractivity contribution in [2.75, 3.05) is 13.0 Å². The van der Waals surface area contributed by atoms with Crippen molar-refractivity contribution in [3.8, 4) is 0 Å². The molecule has 124 valence electrons. The quantitative estimate of drug-likeness (QED) is 0.786. The summed E-state index contributed by atoms with van der Waals surface area (Å²) in [6.45, 7) is 0.0972. The van der Waals surface area contributed by atoms with E-state index in [4.69, 9.17) is 17.1 Å². The maximum Gasteiger partial charge on any atom is 0.0760 e. The third kappa shape index (κ3) is 4.33. The molecule has 0 amide bonds. The first-order chi connectivity index (χ1) is 13.4. The molecule has 2 heteroatoms. The van der Waals surface area contributed by atoms with E-state index in [1.807, 2.05) is 27.7 Å². The highest BCUT2D eigenvalue weighted by Gasteiger charge is 2.37. The summed E-state index contributed by atoms with van der Waals surface area (Å²) >= 11 is 0. The first-order valence-electron chi connectivity index (χ1n) is 12.1. The lowest BCUT2D eigenvalue weighted by Crippen LogP contribution is -2.56. The van der Waals surface area contributed by atoms with Crippen molar-refractivity contribution >= 4 is 0 Å². The summed E-state index contributed by atoms with van der Waals surface area (Å²) in [5.74, 6) is 0. The summed E-state index contributed by atoms with van der Waals surface area (Å²) in [6.07, 6.45) is 0. The van der Waals surface area contributed by atoms with Crippen LogP contribution in [0.1, 0.15) is 77.4 Å². The van der Waals surface area contributed by atoms with Crippen LogP contribution in [0.5, 0.6) is 0 Å². The predicted octanol–water partition coefficient (Wildman–Crippen LogP) is 4.68. The molecule has 1 unspecified atom stereocenters. The van der Waals surface area contributed by atoms with Crippen LogP contribution in [0.3, 0.4) is 0 Å². The van der Waals surface area contributed by atoms with Crippen molar-refractivity contribution in [2.24, 2.45) is 0 Å². The van der Waals surface area contributed by atoms with Crippen LogP contribution >= 0.6 is 0 Å². The lowest BCUT2D eigenvalue weighted by atomic mass is 9.83. The highest BCUT2D eigenvalue weighted by Crippen LogP contribution is 2.30. The third-order valence-corrected chi connectivity index (χ3v) is 3.45. The molecular weight excluding hydrogens is 270 g/mol. The zero-order valence-electron chi connectivity index (χ0n) is 23.6. The van der Waals surface area contributed by atoms with Crippen molar-refractivity contribution < 1.29 is 17.1 Å². The number of morpholine rings is 1. The molecule has 1 aliphatic heterocycles. The van der Waals surface area contributed by atoms with Crippen LogP contribution in [0, 0.1) is 6.92 Å². The summed E-state index contributed by atoms with van der Waals surface area (Å²) in [4.78, 5) is 0.403. The van der Waals surface area contributed by atoms with Gasteiger partial charge in [0.25, 0.3) is 0 Å². The molecule has 0 N–H and O–H groups in total. The van der Waals surface area contributed by atoms with E-state index in [1.165, 1.54) is 19.9 Å². The van der Waals surface area contributed by atoms with E-state index in [9.17, 15) is 0 Å². The highest BCUT2D eigenvalue weighted by molar-refractivity contribution is 5.35. The van der Waals surface area contributed by atoms with E-state index in [0.717, 1.165) is 18.1 Å². The zero-order chi connectivity index (χ0) is 24.6. The maximum absolute atomic E-state index is 8.88. The van der Waals surface area contributed by atoms with Crippen molar-refractivity contribution in [3.63, 3.8) is 0 Å². The van der Waals surface area contributed by atoms with Gasteiger partial charge in [0.1, 0.15) is 0 Å². The van der Waals surface area contributed by atoms with Gasteiger partial charge in [-0.15, -0.1) is 0 Å². The summed E-state index contributed by atoms with van der Waals surface area (Å²) < 4.78 is 81.8. The van der Waals surface area contributed by atoms with Crippen LogP contribution in [0.4, 0.5) is 0 Å². The number of rotatable bonds is 2. The minimum Gasteiger partial charge on any atom is -0.367 e. The fourth-order valence-corrected chi connectivity index (χ4v) is 2.75. The molecule has 1 fully saturated rings. The molecule has 1 aromatic rings. The van der Waals surface area contributed by atoms with Gasteiger partial charge in [0.05, 0.1) is 11.2 Å². The SMILES string of the molecule is [2H]C([2H])(c1ccc(C)c(C(C)(C)C)c1)N1C([2H])([2H])C(C)(C)OC(C)(C([2H])([2H])[2H])C1([2H])[2H]. The van der Waals surface area contributed by atoms with E-state index < -0.39 is 37.5 Å². The number of ether oxygens (including phenoxy) is 1. The zero-order valence-corrected chi connectivity index (χ0v) is 14.6. The highest BCUT2D eigenvalue weighted by atomic mass is 16.5. The molecular formula is C20H33NO. The molecule has 0 radical (unpaired) electrons. The van der Waals surface area contributed by atoms with Gasteiger partial charge < -0.3 is 4.74 Å². The molecule has 22 heavy (non-hydrogen) atoms. The Balaban J connectivity index is 2.84. The van der Waals surface area contributed by atoms with Gasteiger partial charge in [-0.3, -0.25) is 4.90 Å². The van der Waals surface area contributed by atoms with Gasteiger partial charge in [0.2, 0.25) is 0 Å². The number of hydrogen-bond acceptors (Lipinski definition) is 2. The number of benzene rings is 1. The molecule has 0 spiro atoms. The molecule has 2 rings (SSSR count). The summed E-state index contributed by atoms with van der Waals surface area (Å²) in [5, 5.41) is 0. The van der Waals surface area contributed by atoms with E-state index >= 15 is 0 Å². The van der Waals surface area contributed by atoms with Crippen LogP contribution in [-0.4, -0.2) is 29.1 Å². The monoisotopic (exact) mass is 312 g/mol. The van der Waals surface area contributed by atoms with Crippen molar-refractivity contribution in [2.45, 2.75) is 78.4 Å². The Bertz CT molecular complexity index is 855. The standard InChI is InChI=1S/C20H33NO/c1-15-9-10-16(11-17(15)18(2,3)4)12-21-13-19(5,6)22-20(7,8)14-21/h9-11H,12-14H2,1-8H3/i5D3,12D2,13D2,14D2. The fourth-order valence-electron chi connectivity index (χ4n) is 2.75. The molecule has 0 saturated carbocycles. The second-order valence-corrected chi connectivity index (χ2v) is 7.60. The van der Waals surface area contributed by atoms with Crippen molar-refractivity contribution in [1.82, 2.24) is 4.90 Å². The Morgan fingerprint density at radius 3 is 2.50 bits per heavy atom. The van der Waals surface area contributed by atoms with Crippen LogP contribution in [-0.2, 0) is 16.6 Å². The smallest absolute Gasteiger partial charge is 0.0760 e. The van der Waals surface area contributed by atoms with Crippen molar-refractivity contribution in [3.05, 3.63) is 34.9 Å². The van der Waals surface area contributed by atoms with Gasteiger partial charge in [-0.05, 0) is 56.7 Å². The Labute approximate surface area is 149 Å². The third-order valence-electron chi connectivity index (χ3n) is 3.45. The predicted molar refractivity (Wildman–Crippen MR) is 94.4 cm³/mol. The van der Waals surface area contributed by atoms with Gasteiger partial charge in [0, 0.05) is 31.8 Å². The van der Waals surface area contributed by atoms with Gasteiger partial charge in [-0.25, -0.2) is 0 Å². The van der Waals surface area contributed by atoms with Crippen LogP contribution < -0.4 is 0 Å². The first-order valence-corrected chi connectivity index (χ1v) is 7.57. The van der Waals surface area contributed by atoms with Gasteiger partial charge in [-0.2, -0.15) is 0 Å². The van der Waals surface area contributed by atoms with Crippen LogP contribution in [0.2, 0.25) is 0 Å². The molecule has 1 aliphatic rings. The van der Waals surface area contributed by atoms with E-state index in [1.54, 1.807) is 12.1 Å². The molecule has 0 aromatic heterocycles. The van der Waals surface area contributed by atoms with E-state index in [-0.39, 0.29) is 11.0 Å². The molecule has 1 aromatic carbocycles. The Morgan fingerprint density at radius 1 is 1.27 bits per heavy atom. The average Bonchev–Trinajstić information content (AvgIpc) is 2.50. The number of hydrogen-bond donors (Lipinski definition) is 0. The Morgan fingerprint density at radius 2 is 1.91 bits per heavy atom. The lowest BCUT2D eigenvalue weighted by molar-refractivity contribution is -0.182. The first kappa shape index (κ1) is 8.84. The second kappa shape index (κ2) is 5.65. The number of aryl methyl sites for hydroxylation is 1. The van der Waals surface area contributed by atoms with Crippen LogP contribution in [0.15, 0.2) is 18.2 Å². The minimum absolute atomic E-state index is 0.0429. The molecule has 0 bridgehead atoms. The number of nitrogens with zero attached hydrogens (tertiary/aromatic N) is 1. The molecule has 0 aliphatic carbocycles. The second-order valence-electron chi connectivity index (χ2n) is 7.60. The summed E-state index contributed by atoms with van der Waals surface area (Å²) in [7, 11) is 0. The van der Waals surface area contributed by atoms with Gasteiger partial charge >= 0.3 is 0 Å². The van der Waals surface area contributed by atoms with Crippen LogP contribution in [0.25, 0.3) is 0 Å². The average molecular weight is 313 g/mol. The van der Waals surface area contributed by atoms with Gasteiger partial charge in [-0.1, -0.05) is 39.0 Å². The minimum atomic E-state index is -3.02.